The second-order valence-electron chi connectivity index (χ2n) is 5.82. The standard InChI is InChI=1S/C18H22O2/c1-11-9-17(13(3)19-11)15-7-5-6-8-16(15)18-10-12(2)20-14(18)4/h9-10H,5-8H2,1-4H3. The van der Waals surface area contributed by atoms with Crippen molar-refractivity contribution in [2.45, 2.75) is 53.4 Å². The minimum atomic E-state index is 0.995. The van der Waals surface area contributed by atoms with Gasteiger partial charge in [-0.3, -0.25) is 0 Å². The summed E-state index contributed by atoms with van der Waals surface area (Å²) in [5.74, 6) is 4.06. The zero-order valence-electron chi connectivity index (χ0n) is 12.8. The van der Waals surface area contributed by atoms with E-state index in [9.17, 15) is 0 Å². The zero-order valence-corrected chi connectivity index (χ0v) is 12.8. The Morgan fingerprint density at radius 3 is 1.40 bits per heavy atom. The first-order chi connectivity index (χ1) is 9.56. The Morgan fingerprint density at radius 2 is 1.10 bits per heavy atom. The first-order valence-corrected chi connectivity index (χ1v) is 7.43. The molecular formula is C18H22O2. The molecule has 2 nitrogen and oxygen atoms in total. The molecule has 2 heterocycles. The van der Waals surface area contributed by atoms with E-state index in [1.54, 1.807) is 0 Å². The molecule has 3 rings (SSSR count). The number of rotatable bonds is 2. The molecule has 0 fully saturated rings. The minimum absolute atomic E-state index is 0.995. The average molecular weight is 270 g/mol. The smallest absolute Gasteiger partial charge is 0.108 e. The van der Waals surface area contributed by atoms with Crippen LogP contribution in [0.3, 0.4) is 0 Å². The molecule has 2 aromatic heterocycles. The molecule has 0 N–H and O–H groups in total. The highest BCUT2D eigenvalue weighted by molar-refractivity contribution is 5.92. The molecule has 0 atom stereocenters. The summed E-state index contributed by atoms with van der Waals surface area (Å²) >= 11 is 0. The molecule has 0 bridgehead atoms. The average Bonchev–Trinajstić information content (AvgIpc) is 2.91. The van der Waals surface area contributed by atoms with Gasteiger partial charge in [-0.15, -0.1) is 0 Å². The van der Waals surface area contributed by atoms with Crippen LogP contribution in [0.4, 0.5) is 0 Å². The fourth-order valence-electron chi connectivity index (χ4n) is 3.36. The van der Waals surface area contributed by atoms with Crippen molar-refractivity contribution in [1.29, 1.82) is 0 Å². The Morgan fingerprint density at radius 1 is 0.700 bits per heavy atom. The molecule has 0 spiro atoms. The third-order valence-corrected chi connectivity index (χ3v) is 4.20. The lowest BCUT2D eigenvalue weighted by molar-refractivity contribution is 0.502. The second-order valence-corrected chi connectivity index (χ2v) is 5.82. The van der Waals surface area contributed by atoms with Gasteiger partial charge in [0.1, 0.15) is 23.0 Å². The van der Waals surface area contributed by atoms with Crippen molar-refractivity contribution >= 4 is 11.1 Å². The third kappa shape index (κ3) is 2.24. The van der Waals surface area contributed by atoms with Gasteiger partial charge in [0.25, 0.3) is 0 Å². The molecule has 0 aliphatic heterocycles. The van der Waals surface area contributed by atoms with Crippen molar-refractivity contribution in [1.82, 2.24) is 0 Å². The normalized spacial score (nSPS) is 16.0. The summed E-state index contributed by atoms with van der Waals surface area (Å²) in [6.07, 6.45) is 4.80. The van der Waals surface area contributed by atoms with Gasteiger partial charge in [0, 0.05) is 11.1 Å². The van der Waals surface area contributed by atoms with Crippen molar-refractivity contribution in [3.8, 4) is 0 Å². The third-order valence-electron chi connectivity index (χ3n) is 4.20. The molecule has 0 amide bonds. The van der Waals surface area contributed by atoms with Crippen molar-refractivity contribution in [3.63, 3.8) is 0 Å². The van der Waals surface area contributed by atoms with Crippen molar-refractivity contribution in [2.24, 2.45) is 0 Å². The van der Waals surface area contributed by atoms with Crippen molar-refractivity contribution in [3.05, 3.63) is 46.3 Å². The fourth-order valence-corrected chi connectivity index (χ4v) is 3.36. The highest BCUT2D eigenvalue weighted by atomic mass is 16.3. The minimum Gasteiger partial charge on any atom is -0.466 e. The fraction of sp³-hybridized carbons (Fsp3) is 0.444. The van der Waals surface area contributed by atoms with Gasteiger partial charge in [-0.1, -0.05) is 0 Å². The summed E-state index contributed by atoms with van der Waals surface area (Å²) < 4.78 is 11.5. The summed E-state index contributed by atoms with van der Waals surface area (Å²) in [4.78, 5) is 0. The quantitative estimate of drug-likeness (QED) is 0.711. The molecule has 1 aliphatic carbocycles. The van der Waals surface area contributed by atoms with Crippen LogP contribution in [0.2, 0.25) is 0 Å². The van der Waals surface area contributed by atoms with E-state index in [1.165, 1.54) is 35.1 Å². The maximum atomic E-state index is 5.73. The molecule has 2 aromatic rings. The molecular weight excluding hydrogens is 248 g/mol. The predicted molar refractivity (Wildman–Crippen MR) is 81.6 cm³/mol. The molecule has 1 aliphatic rings. The van der Waals surface area contributed by atoms with Gasteiger partial charge in [-0.05, 0) is 76.7 Å². The van der Waals surface area contributed by atoms with E-state index in [2.05, 4.69) is 26.0 Å². The van der Waals surface area contributed by atoms with Gasteiger partial charge in [0.05, 0.1) is 0 Å². The van der Waals surface area contributed by atoms with Gasteiger partial charge < -0.3 is 8.83 Å². The van der Waals surface area contributed by atoms with E-state index in [0.717, 1.165) is 35.9 Å². The largest absolute Gasteiger partial charge is 0.466 e. The summed E-state index contributed by atoms with van der Waals surface area (Å²) in [6.45, 7) is 8.17. The molecule has 20 heavy (non-hydrogen) atoms. The predicted octanol–water partition coefficient (Wildman–Crippen LogP) is 5.59. The summed E-state index contributed by atoms with van der Waals surface area (Å²) in [6, 6.07) is 4.36. The summed E-state index contributed by atoms with van der Waals surface area (Å²) in [5.41, 5.74) is 5.48. The molecule has 106 valence electrons. The van der Waals surface area contributed by atoms with Gasteiger partial charge in [0.15, 0.2) is 0 Å². The highest BCUT2D eigenvalue weighted by Crippen LogP contribution is 2.41. The lowest BCUT2D eigenvalue weighted by Crippen LogP contribution is -2.00. The number of aryl methyl sites for hydroxylation is 4. The molecule has 0 aromatic carbocycles. The van der Waals surface area contributed by atoms with Crippen LogP contribution in [0, 0.1) is 27.7 Å². The molecule has 0 saturated heterocycles. The Kier molecular flexibility index (Phi) is 3.33. The Hall–Kier alpha value is -1.70. The van der Waals surface area contributed by atoms with E-state index < -0.39 is 0 Å². The van der Waals surface area contributed by atoms with Gasteiger partial charge in [0.2, 0.25) is 0 Å². The molecule has 0 radical (unpaired) electrons. The van der Waals surface area contributed by atoms with E-state index in [0.29, 0.717) is 0 Å². The first kappa shape index (κ1) is 13.3. The number of hydrogen-bond acceptors (Lipinski definition) is 2. The number of hydrogen-bond donors (Lipinski definition) is 0. The first-order valence-electron chi connectivity index (χ1n) is 7.43. The monoisotopic (exact) mass is 270 g/mol. The highest BCUT2D eigenvalue weighted by Gasteiger charge is 2.21. The SMILES string of the molecule is Cc1cc(C2=C(c3cc(C)oc3C)CCCC2)c(C)o1. The lowest BCUT2D eigenvalue weighted by Gasteiger charge is -2.20. The Balaban J connectivity index is 2.17. The maximum absolute atomic E-state index is 5.73. The van der Waals surface area contributed by atoms with Crippen LogP contribution in [-0.4, -0.2) is 0 Å². The van der Waals surface area contributed by atoms with Crippen LogP contribution < -0.4 is 0 Å². The van der Waals surface area contributed by atoms with E-state index in [-0.39, 0.29) is 0 Å². The van der Waals surface area contributed by atoms with Gasteiger partial charge in [-0.2, -0.15) is 0 Å². The second kappa shape index (κ2) is 5.01. The van der Waals surface area contributed by atoms with Crippen LogP contribution in [-0.2, 0) is 0 Å². The van der Waals surface area contributed by atoms with Gasteiger partial charge in [-0.25, -0.2) is 0 Å². The van der Waals surface area contributed by atoms with Crippen molar-refractivity contribution in [2.75, 3.05) is 0 Å². The van der Waals surface area contributed by atoms with Crippen LogP contribution in [0.15, 0.2) is 21.0 Å². The summed E-state index contributed by atoms with van der Waals surface area (Å²) in [5, 5.41) is 0. The Labute approximate surface area is 120 Å². The van der Waals surface area contributed by atoms with Crippen LogP contribution in [0.5, 0.6) is 0 Å². The maximum Gasteiger partial charge on any atom is 0.108 e. The van der Waals surface area contributed by atoms with Crippen LogP contribution in [0.25, 0.3) is 11.1 Å². The van der Waals surface area contributed by atoms with Crippen molar-refractivity contribution < 1.29 is 8.83 Å². The van der Waals surface area contributed by atoms with Crippen LogP contribution >= 0.6 is 0 Å². The lowest BCUT2D eigenvalue weighted by atomic mass is 9.84. The number of furan rings is 2. The van der Waals surface area contributed by atoms with E-state index in [4.69, 9.17) is 8.83 Å². The van der Waals surface area contributed by atoms with E-state index in [1.807, 2.05) is 13.8 Å². The molecule has 0 unspecified atom stereocenters. The Bertz CT molecular complexity index is 609. The van der Waals surface area contributed by atoms with E-state index >= 15 is 0 Å². The van der Waals surface area contributed by atoms with Crippen LogP contribution in [0.1, 0.15) is 59.9 Å². The zero-order chi connectivity index (χ0) is 14.3. The topological polar surface area (TPSA) is 26.3 Å². The molecule has 0 saturated carbocycles. The number of allylic oxidation sites excluding steroid dienone is 2. The van der Waals surface area contributed by atoms with Gasteiger partial charge >= 0.3 is 0 Å². The summed E-state index contributed by atoms with van der Waals surface area (Å²) in [7, 11) is 0. The molecule has 2 heteroatoms.